The molecule has 2 nitrogen and oxygen atoms in total. The van der Waals surface area contributed by atoms with Crippen molar-refractivity contribution >= 4 is 40.7 Å². The Morgan fingerprint density at radius 1 is 1.31 bits per heavy atom. The number of ether oxygens (including phenoxy) is 1. The smallest absolute Gasteiger partial charge is 0.265 e. The quantitative estimate of drug-likeness (QED) is 0.380. The number of hydrogen-bond donors (Lipinski definition) is 1. The lowest BCUT2D eigenvalue weighted by atomic mass is 10.1. The first-order chi connectivity index (χ1) is 7.45. The number of rotatable bonds is 2. The Kier molecular flexibility index (Phi) is 4.49. The molecule has 1 N–H and O–H groups in total. The number of halogens is 3. The van der Waals surface area contributed by atoms with E-state index in [-0.39, 0.29) is 0 Å². The van der Waals surface area contributed by atoms with Gasteiger partial charge in [-0.2, -0.15) is 0 Å². The monoisotopic (exact) mass is 275 g/mol. The third-order valence-corrected chi connectivity index (χ3v) is 2.26. The van der Waals surface area contributed by atoms with Crippen molar-refractivity contribution in [2.75, 3.05) is 0 Å². The van der Waals surface area contributed by atoms with E-state index in [1.807, 2.05) is 18.2 Å². The zero-order chi connectivity index (χ0) is 12.2. The summed E-state index contributed by atoms with van der Waals surface area (Å²) >= 11 is 16.5. The molecule has 0 aromatic heterocycles. The highest BCUT2D eigenvalue weighted by atomic mass is 35.6. The summed E-state index contributed by atoms with van der Waals surface area (Å²) in [6.45, 7) is 0. The molecular weight excluding hydrogens is 268 g/mol. The fourth-order valence-electron chi connectivity index (χ4n) is 1.01. The molecular formula is C11H8Cl3NO. The van der Waals surface area contributed by atoms with Crippen molar-refractivity contribution in [3.8, 4) is 12.3 Å². The maximum atomic E-state index is 7.41. The van der Waals surface area contributed by atoms with Crippen LogP contribution in [0.15, 0.2) is 30.3 Å². The van der Waals surface area contributed by atoms with E-state index in [0.29, 0.717) is 0 Å². The van der Waals surface area contributed by atoms with Crippen molar-refractivity contribution in [3.63, 3.8) is 0 Å². The molecule has 1 unspecified atom stereocenters. The second kappa shape index (κ2) is 5.45. The highest BCUT2D eigenvalue weighted by Crippen LogP contribution is 2.30. The van der Waals surface area contributed by atoms with Crippen LogP contribution >= 0.6 is 34.8 Å². The van der Waals surface area contributed by atoms with Crippen LogP contribution in [0.1, 0.15) is 11.7 Å². The summed E-state index contributed by atoms with van der Waals surface area (Å²) in [6.07, 6.45) is 4.56. The van der Waals surface area contributed by atoms with Crippen LogP contribution in [0.5, 0.6) is 0 Å². The molecule has 0 bridgehead atoms. The zero-order valence-corrected chi connectivity index (χ0v) is 10.4. The van der Waals surface area contributed by atoms with Gasteiger partial charge in [-0.15, -0.1) is 6.42 Å². The van der Waals surface area contributed by atoms with E-state index in [1.54, 1.807) is 12.1 Å². The van der Waals surface area contributed by atoms with Crippen LogP contribution in [0.3, 0.4) is 0 Å². The van der Waals surface area contributed by atoms with Gasteiger partial charge in [0.1, 0.15) is 0 Å². The Morgan fingerprint density at radius 3 is 2.31 bits per heavy atom. The van der Waals surface area contributed by atoms with Crippen molar-refractivity contribution in [3.05, 3.63) is 35.9 Å². The summed E-state index contributed by atoms with van der Waals surface area (Å²) in [5.41, 5.74) is 0.726. The molecule has 0 fully saturated rings. The van der Waals surface area contributed by atoms with Gasteiger partial charge in [0.15, 0.2) is 6.10 Å². The predicted molar refractivity (Wildman–Crippen MR) is 67.1 cm³/mol. The van der Waals surface area contributed by atoms with E-state index in [1.165, 1.54) is 0 Å². The van der Waals surface area contributed by atoms with Gasteiger partial charge in [-0.25, -0.2) is 0 Å². The number of alkyl halides is 3. The maximum absolute atomic E-state index is 7.41. The fraction of sp³-hybridized carbons (Fsp3) is 0.182. The lowest BCUT2D eigenvalue weighted by molar-refractivity contribution is 0.243. The molecule has 0 aliphatic heterocycles. The Bertz CT molecular complexity index is 405. The molecule has 1 atom stereocenters. The zero-order valence-electron chi connectivity index (χ0n) is 8.08. The van der Waals surface area contributed by atoms with E-state index in [9.17, 15) is 0 Å². The van der Waals surface area contributed by atoms with Crippen molar-refractivity contribution in [2.24, 2.45) is 0 Å². The molecule has 16 heavy (non-hydrogen) atoms. The van der Waals surface area contributed by atoms with Crippen molar-refractivity contribution < 1.29 is 4.74 Å². The van der Waals surface area contributed by atoms with Crippen LogP contribution in [-0.2, 0) is 4.74 Å². The lowest BCUT2D eigenvalue weighted by Crippen LogP contribution is -2.23. The third-order valence-electron chi connectivity index (χ3n) is 1.75. The largest absolute Gasteiger partial charge is 0.457 e. The third kappa shape index (κ3) is 3.61. The van der Waals surface area contributed by atoms with Gasteiger partial charge >= 0.3 is 0 Å². The average Bonchev–Trinajstić information content (AvgIpc) is 2.25. The molecule has 84 valence electrons. The first-order valence-corrected chi connectivity index (χ1v) is 5.42. The minimum absolute atomic E-state index is 0.496. The Morgan fingerprint density at radius 2 is 1.88 bits per heavy atom. The standard InChI is InChI=1S/C11H8Cl3NO/c1-2-9(8-6-4-3-5-7-8)16-10(15)11(12,13)14/h1,3-7,9,15H. The van der Waals surface area contributed by atoms with Gasteiger partial charge in [-0.3, -0.25) is 5.41 Å². The molecule has 1 aromatic carbocycles. The molecule has 1 rings (SSSR count). The summed E-state index contributed by atoms with van der Waals surface area (Å²) in [6, 6.07) is 9.01. The van der Waals surface area contributed by atoms with Gasteiger partial charge < -0.3 is 4.74 Å². The number of hydrogen-bond acceptors (Lipinski definition) is 2. The van der Waals surface area contributed by atoms with Crippen molar-refractivity contribution in [1.82, 2.24) is 0 Å². The highest BCUT2D eigenvalue weighted by Gasteiger charge is 2.30. The van der Waals surface area contributed by atoms with Gasteiger partial charge in [0.2, 0.25) is 5.90 Å². The Labute approximate surface area is 109 Å². The van der Waals surface area contributed by atoms with Crippen molar-refractivity contribution in [1.29, 1.82) is 5.41 Å². The van der Waals surface area contributed by atoms with Gasteiger partial charge in [0, 0.05) is 5.56 Å². The van der Waals surface area contributed by atoms with Gasteiger partial charge in [0.25, 0.3) is 3.79 Å². The molecule has 0 heterocycles. The molecule has 0 aliphatic rings. The van der Waals surface area contributed by atoms with Gasteiger partial charge in [-0.05, 0) is 0 Å². The van der Waals surface area contributed by atoms with Crippen LogP contribution in [-0.4, -0.2) is 9.69 Å². The highest BCUT2D eigenvalue weighted by molar-refractivity contribution is 6.76. The maximum Gasteiger partial charge on any atom is 0.265 e. The molecule has 1 aromatic rings. The van der Waals surface area contributed by atoms with Crippen LogP contribution in [0.4, 0.5) is 0 Å². The van der Waals surface area contributed by atoms with E-state index in [4.69, 9.17) is 51.4 Å². The normalized spacial score (nSPS) is 12.6. The summed E-state index contributed by atoms with van der Waals surface area (Å²) in [4.78, 5) is 0. The lowest BCUT2D eigenvalue weighted by Gasteiger charge is -2.18. The number of terminal acetylenes is 1. The molecule has 0 saturated heterocycles. The minimum atomic E-state index is -1.90. The fourth-order valence-corrected chi connectivity index (χ4v) is 1.14. The Balaban J connectivity index is 2.80. The Hall–Kier alpha value is -0.880. The first kappa shape index (κ1) is 13.2. The molecule has 0 spiro atoms. The molecule has 0 amide bonds. The van der Waals surface area contributed by atoms with Crippen LogP contribution in [0.2, 0.25) is 0 Å². The van der Waals surface area contributed by atoms with E-state index in [2.05, 4.69) is 5.92 Å². The molecule has 0 saturated carbocycles. The SMILES string of the molecule is C#CC(OC(=N)C(Cl)(Cl)Cl)c1ccccc1. The van der Waals surface area contributed by atoms with Crippen LogP contribution in [0.25, 0.3) is 0 Å². The van der Waals surface area contributed by atoms with Crippen molar-refractivity contribution in [2.45, 2.75) is 9.90 Å². The number of benzene rings is 1. The van der Waals surface area contributed by atoms with Gasteiger partial charge in [-0.1, -0.05) is 71.1 Å². The van der Waals surface area contributed by atoms with E-state index < -0.39 is 15.8 Å². The number of nitrogens with one attached hydrogen (secondary N) is 1. The topological polar surface area (TPSA) is 33.1 Å². The molecule has 5 heteroatoms. The second-order valence-corrected chi connectivity index (χ2v) is 5.18. The minimum Gasteiger partial charge on any atom is -0.457 e. The van der Waals surface area contributed by atoms with E-state index in [0.717, 1.165) is 5.56 Å². The second-order valence-electron chi connectivity index (χ2n) is 2.90. The summed E-state index contributed by atoms with van der Waals surface area (Å²) < 4.78 is 3.20. The molecule has 0 aliphatic carbocycles. The van der Waals surface area contributed by atoms with Crippen LogP contribution in [0, 0.1) is 17.8 Å². The first-order valence-electron chi connectivity index (χ1n) is 4.28. The van der Waals surface area contributed by atoms with Gasteiger partial charge in [0.05, 0.1) is 0 Å². The molecule has 0 radical (unpaired) electrons. The van der Waals surface area contributed by atoms with E-state index >= 15 is 0 Å². The predicted octanol–water partition coefficient (Wildman–Crippen LogP) is 3.72. The summed E-state index contributed by atoms with van der Waals surface area (Å²) in [7, 11) is 0. The average molecular weight is 277 g/mol. The summed E-state index contributed by atoms with van der Waals surface area (Å²) in [5.74, 6) is 1.89. The van der Waals surface area contributed by atoms with Crippen LogP contribution < -0.4 is 0 Å². The summed E-state index contributed by atoms with van der Waals surface area (Å²) in [5, 5.41) is 7.41.